The molecule has 0 spiro atoms. The third-order valence-corrected chi connectivity index (χ3v) is 4.83. The molecule has 2 aromatic rings. The van der Waals surface area contributed by atoms with Gasteiger partial charge in [0.15, 0.2) is 11.6 Å². The van der Waals surface area contributed by atoms with Crippen molar-refractivity contribution in [2.24, 2.45) is 5.92 Å². The largest absolute Gasteiger partial charge is 0.467 e. The molecule has 3 rings (SSSR count). The fourth-order valence-corrected chi connectivity index (χ4v) is 3.21. The lowest BCUT2D eigenvalue weighted by molar-refractivity contribution is -0.127. The van der Waals surface area contributed by atoms with E-state index in [-0.39, 0.29) is 29.8 Å². The zero-order valence-corrected chi connectivity index (χ0v) is 15.4. The first-order valence-corrected chi connectivity index (χ1v) is 9.28. The van der Waals surface area contributed by atoms with E-state index >= 15 is 0 Å². The van der Waals surface area contributed by atoms with E-state index in [4.69, 9.17) is 4.42 Å². The number of carbonyl (C=O) groups is 2. The number of likely N-dealkylation sites (tertiary alicyclic amines) is 1. The molecule has 0 bridgehead atoms. The Morgan fingerprint density at radius 3 is 2.61 bits per heavy atom. The standard InChI is InChI=1S/C20H23F2N3O3/c21-17-4-3-15(12-18(17)22)24-19(26)7-10-25-8-5-14(6-9-25)20(27)23-13-16-2-1-11-28-16/h1-4,11-12,14H,5-10,13H2,(H,23,27)(H,24,26). The van der Waals surface area contributed by atoms with Gasteiger partial charge in [0.2, 0.25) is 11.8 Å². The maximum Gasteiger partial charge on any atom is 0.225 e. The van der Waals surface area contributed by atoms with Crippen molar-refractivity contribution in [3.8, 4) is 0 Å². The Morgan fingerprint density at radius 2 is 1.93 bits per heavy atom. The van der Waals surface area contributed by atoms with Gasteiger partial charge >= 0.3 is 0 Å². The summed E-state index contributed by atoms with van der Waals surface area (Å²) in [5, 5.41) is 5.44. The van der Waals surface area contributed by atoms with Gasteiger partial charge in [0.05, 0.1) is 12.8 Å². The van der Waals surface area contributed by atoms with Gasteiger partial charge in [0, 0.05) is 30.6 Å². The minimum atomic E-state index is -0.995. The zero-order valence-electron chi connectivity index (χ0n) is 15.4. The summed E-state index contributed by atoms with van der Waals surface area (Å²) < 4.78 is 31.3. The highest BCUT2D eigenvalue weighted by Gasteiger charge is 2.25. The number of piperidine rings is 1. The molecule has 2 N–H and O–H groups in total. The minimum absolute atomic E-state index is 0.0205. The zero-order chi connectivity index (χ0) is 19.9. The van der Waals surface area contributed by atoms with Crippen LogP contribution in [0.5, 0.6) is 0 Å². The van der Waals surface area contributed by atoms with Crippen LogP contribution in [0.15, 0.2) is 41.0 Å². The molecule has 6 nitrogen and oxygen atoms in total. The Hall–Kier alpha value is -2.74. The number of nitrogens with zero attached hydrogens (tertiary/aromatic N) is 1. The fraction of sp³-hybridized carbons (Fsp3) is 0.400. The molecule has 0 unspecified atom stereocenters. The molecule has 0 atom stereocenters. The van der Waals surface area contributed by atoms with Crippen molar-refractivity contribution in [1.29, 1.82) is 0 Å². The first-order chi connectivity index (χ1) is 13.5. The average molecular weight is 391 g/mol. The molecule has 28 heavy (non-hydrogen) atoms. The number of halogens is 2. The second kappa shape index (κ2) is 9.45. The summed E-state index contributed by atoms with van der Waals surface area (Å²) in [6.45, 7) is 2.40. The third kappa shape index (κ3) is 5.63. The van der Waals surface area contributed by atoms with Crippen LogP contribution in [0, 0.1) is 17.6 Å². The van der Waals surface area contributed by atoms with Crippen LogP contribution < -0.4 is 10.6 Å². The lowest BCUT2D eigenvalue weighted by Gasteiger charge is -2.31. The molecule has 1 aliphatic rings. The quantitative estimate of drug-likeness (QED) is 0.761. The number of benzene rings is 1. The number of hydrogen-bond acceptors (Lipinski definition) is 4. The number of carbonyl (C=O) groups excluding carboxylic acids is 2. The van der Waals surface area contributed by atoms with E-state index in [0.717, 1.165) is 43.8 Å². The number of hydrogen-bond donors (Lipinski definition) is 2. The molecule has 1 aliphatic heterocycles. The molecular formula is C20H23F2N3O3. The normalized spacial score (nSPS) is 15.4. The SMILES string of the molecule is O=C(CCN1CCC(C(=O)NCc2ccco2)CC1)Nc1ccc(F)c(F)c1. The fourth-order valence-electron chi connectivity index (χ4n) is 3.21. The highest BCUT2D eigenvalue weighted by molar-refractivity contribution is 5.90. The van der Waals surface area contributed by atoms with Crippen molar-refractivity contribution in [3.63, 3.8) is 0 Å². The smallest absolute Gasteiger partial charge is 0.225 e. The number of amides is 2. The maximum atomic E-state index is 13.2. The molecule has 8 heteroatoms. The van der Waals surface area contributed by atoms with E-state index in [2.05, 4.69) is 15.5 Å². The van der Waals surface area contributed by atoms with Gasteiger partial charge in [-0.15, -0.1) is 0 Å². The Morgan fingerprint density at radius 1 is 1.14 bits per heavy atom. The molecule has 1 aromatic heterocycles. The molecule has 0 saturated carbocycles. The molecule has 1 fully saturated rings. The van der Waals surface area contributed by atoms with Crippen molar-refractivity contribution in [3.05, 3.63) is 54.0 Å². The first-order valence-electron chi connectivity index (χ1n) is 9.28. The minimum Gasteiger partial charge on any atom is -0.467 e. The van der Waals surface area contributed by atoms with Gasteiger partial charge in [0.1, 0.15) is 5.76 Å². The molecule has 2 amide bonds. The molecule has 2 heterocycles. The first kappa shape index (κ1) is 20.0. The highest BCUT2D eigenvalue weighted by atomic mass is 19.2. The molecule has 0 aliphatic carbocycles. The lowest BCUT2D eigenvalue weighted by atomic mass is 9.96. The summed E-state index contributed by atoms with van der Waals surface area (Å²) in [5.41, 5.74) is 0.232. The lowest BCUT2D eigenvalue weighted by Crippen LogP contribution is -2.41. The van der Waals surface area contributed by atoms with Crippen LogP contribution in [0.25, 0.3) is 0 Å². The molecular weight excluding hydrogens is 368 g/mol. The van der Waals surface area contributed by atoms with E-state index < -0.39 is 11.6 Å². The third-order valence-electron chi connectivity index (χ3n) is 4.83. The van der Waals surface area contributed by atoms with Gasteiger partial charge in [-0.2, -0.15) is 0 Å². The number of anilines is 1. The summed E-state index contributed by atoms with van der Waals surface area (Å²) >= 11 is 0. The van der Waals surface area contributed by atoms with Crippen LogP contribution in [-0.2, 0) is 16.1 Å². The topological polar surface area (TPSA) is 74.6 Å². The Kier molecular flexibility index (Phi) is 6.76. The Labute approximate surface area is 161 Å². The van der Waals surface area contributed by atoms with Crippen LogP contribution in [0.3, 0.4) is 0 Å². The van der Waals surface area contributed by atoms with E-state index in [1.54, 1.807) is 12.3 Å². The van der Waals surface area contributed by atoms with Crippen molar-refractivity contribution in [2.75, 3.05) is 25.0 Å². The summed E-state index contributed by atoms with van der Waals surface area (Å²) in [7, 11) is 0. The van der Waals surface area contributed by atoms with Crippen LogP contribution in [0.1, 0.15) is 25.0 Å². The maximum absolute atomic E-state index is 13.2. The predicted molar refractivity (Wildman–Crippen MR) is 99.3 cm³/mol. The van der Waals surface area contributed by atoms with Crippen molar-refractivity contribution in [1.82, 2.24) is 10.2 Å². The van der Waals surface area contributed by atoms with E-state index in [1.807, 2.05) is 6.07 Å². The van der Waals surface area contributed by atoms with Gasteiger partial charge in [-0.1, -0.05) is 0 Å². The second-order valence-electron chi connectivity index (χ2n) is 6.84. The second-order valence-corrected chi connectivity index (χ2v) is 6.84. The van der Waals surface area contributed by atoms with Crippen LogP contribution >= 0.6 is 0 Å². The summed E-state index contributed by atoms with van der Waals surface area (Å²) in [6, 6.07) is 6.85. The van der Waals surface area contributed by atoms with Gasteiger partial charge in [-0.3, -0.25) is 9.59 Å². The molecule has 1 aromatic carbocycles. The van der Waals surface area contributed by atoms with Crippen molar-refractivity contribution >= 4 is 17.5 Å². The van der Waals surface area contributed by atoms with E-state index in [1.165, 1.54) is 6.07 Å². The van der Waals surface area contributed by atoms with Gasteiger partial charge in [0.25, 0.3) is 0 Å². The summed E-state index contributed by atoms with van der Waals surface area (Å²) in [4.78, 5) is 26.3. The van der Waals surface area contributed by atoms with Gasteiger partial charge in [-0.25, -0.2) is 8.78 Å². The van der Waals surface area contributed by atoms with Crippen LogP contribution in [-0.4, -0.2) is 36.3 Å². The van der Waals surface area contributed by atoms with E-state index in [0.29, 0.717) is 13.1 Å². The van der Waals surface area contributed by atoms with Gasteiger partial charge in [-0.05, 0) is 50.2 Å². The predicted octanol–water partition coefficient (Wildman–Crippen LogP) is 2.91. The van der Waals surface area contributed by atoms with Crippen molar-refractivity contribution < 1.29 is 22.8 Å². The monoisotopic (exact) mass is 391 g/mol. The van der Waals surface area contributed by atoms with Gasteiger partial charge < -0.3 is 20.0 Å². The van der Waals surface area contributed by atoms with Crippen LogP contribution in [0.2, 0.25) is 0 Å². The molecule has 150 valence electrons. The number of furan rings is 1. The molecule has 0 radical (unpaired) electrons. The average Bonchev–Trinajstić information content (AvgIpc) is 3.21. The molecule has 1 saturated heterocycles. The Bertz CT molecular complexity index is 803. The summed E-state index contributed by atoms with van der Waals surface area (Å²) in [6.07, 6.45) is 3.28. The Balaban J connectivity index is 1.35. The summed E-state index contributed by atoms with van der Waals surface area (Å²) in [5.74, 6) is -1.50. The van der Waals surface area contributed by atoms with Crippen molar-refractivity contribution in [2.45, 2.75) is 25.8 Å². The van der Waals surface area contributed by atoms with Crippen LogP contribution in [0.4, 0.5) is 14.5 Å². The highest BCUT2D eigenvalue weighted by Crippen LogP contribution is 2.18. The van der Waals surface area contributed by atoms with E-state index in [9.17, 15) is 18.4 Å². The number of rotatable bonds is 7. The number of nitrogens with one attached hydrogen (secondary N) is 2.